The second-order valence-electron chi connectivity index (χ2n) is 8.09. The van der Waals surface area contributed by atoms with E-state index in [1.807, 2.05) is 30.0 Å². The quantitative estimate of drug-likeness (QED) is 0.572. The highest BCUT2D eigenvalue weighted by molar-refractivity contribution is 6.04. The van der Waals surface area contributed by atoms with Crippen molar-refractivity contribution in [3.8, 4) is 11.1 Å². The number of halogens is 3. The number of ether oxygens (including phenoxy) is 1. The number of carbonyl (C=O) groups is 1. The van der Waals surface area contributed by atoms with Crippen LogP contribution in [0.2, 0.25) is 0 Å². The van der Waals surface area contributed by atoms with Gasteiger partial charge < -0.3 is 20.1 Å². The van der Waals surface area contributed by atoms with Crippen LogP contribution >= 0.6 is 0 Å². The fraction of sp³-hybridized carbons (Fsp3) is 0.280. The van der Waals surface area contributed by atoms with Crippen LogP contribution < -0.4 is 10.2 Å². The van der Waals surface area contributed by atoms with E-state index in [-0.39, 0.29) is 18.3 Å². The van der Waals surface area contributed by atoms with Crippen molar-refractivity contribution in [2.75, 3.05) is 36.5 Å². The number of aromatic nitrogens is 1. The fourth-order valence-electron chi connectivity index (χ4n) is 3.85. The van der Waals surface area contributed by atoms with Gasteiger partial charge in [-0.05, 0) is 66.1 Å². The van der Waals surface area contributed by atoms with Crippen LogP contribution in [0.15, 0.2) is 60.8 Å². The highest BCUT2D eigenvalue weighted by Crippen LogP contribution is 2.31. The average molecular weight is 471 g/mol. The molecule has 1 atom stereocenters. The molecular weight excluding hydrogens is 447 g/mol. The predicted molar refractivity (Wildman–Crippen MR) is 123 cm³/mol. The molecule has 1 aliphatic rings. The Kier molecular flexibility index (Phi) is 6.85. The molecule has 1 amide bonds. The number of benzene rings is 2. The van der Waals surface area contributed by atoms with Crippen molar-refractivity contribution in [3.05, 3.63) is 77.5 Å². The van der Waals surface area contributed by atoms with Crippen LogP contribution in [-0.4, -0.2) is 48.4 Å². The smallest absolute Gasteiger partial charge is 0.394 e. The van der Waals surface area contributed by atoms with E-state index in [4.69, 9.17) is 4.74 Å². The first kappa shape index (κ1) is 23.7. The Balaban J connectivity index is 1.57. The maximum atomic E-state index is 13.0. The van der Waals surface area contributed by atoms with Gasteiger partial charge in [0.2, 0.25) is 0 Å². The van der Waals surface area contributed by atoms with Gasteiger partial charge in [-0.25, -0.2) is 4.98 Å². The monoisotopic (exact) mass is 471 g/mol. The number of nitrogens with zero attached hydrogens (tertiary/aromatic N) is 2. The van der Waals surface area contributed by atoms with Crippen LogP contribution in [0.5, 0.6) is 0 Å². The van der Waals surface area contributed by atoms with Crippen molar-refractivity contribution < 1.29 is 27.8 Å². The summed E-state index contributed by atoms with van der Waals surface area (Å²) in [5, 5.41) is 12.1. The first-order valence-electron chi connectivity index (χ1n) is 10.8. The number of nitrogens with one attached hydrogen (secondary N) is 1. The molecule has 2 N–H and O–H groups in total. The molecule has 0 radical (unpaired) electrons. The topological polar surface area (TPSA) is 74.7 Å². The Morgan fingerprint density at radius 1 is 1.21 bits per heavy atom. The van der Waals surface area contributed by atoms with Gasteiger partial charge in [0.15, 0.2) is 0 Å². The predicted octanol–water partition coefficient (Wildman–Crippen LogP) is 4.53. The Morgan fingerprint density at radius 3 is 2.79 bits per heavy atom. The number of amides is 1. The second-order valence-corrected chi connectivity index (χ2v) is 8.09. The zero-order valence-electron chi connectivity index (χ0n) is 18.5. The number of morpholine rings is 1. The van der Waals surface area contributed by atoms with Gasteiger partial charge in [0.1, 0.15) is 5.82 Å². The standard InChI is InChI=1S/C25H24F3N3O3/c1-16-5-6-20(30-24(33)18-3-2-4-19(11-18)25(26,27)28)13-22(16)17-7-8-29-23(12-17)31-9-10-34-21(14-31)15-32/h2-8,11-13,21,32H,9-10,14-15H2,1H3,(H,30,33). The Bertz CT molecular complexity index is 1180. The summed E-state index contributed by atoms with van der Waals surface area (Å²) in [5.74, 6) is 0.122. The lowest BCUT2D eigenvalue weighted by Gasteiger charge is -2.33. The number of hydrogen-bond acceptors (Lipinski definition) is 5. The molecule has 1 saturated heterocycles. The van der Waals surface area contributed by atoms with E-state index >= 15 is 0 Å². The number of anilines is 2. The third-order valence-corrected chi connectivity index (χ3v) is 5.67. The van der Waals surface area contributed by atoms with Crippen LogP contribution in [-0.2, 0) is 10.9 Å². The molecule has 6 nitrogen and oxygen atoms in total. The zero-order chi connectivity index (χ0) is 24.3. The molecule has 4 rings (SSSR count). The Labute approximate surface area is 195 Å². The Hall–Kier alpha value is -3.43. The first-order valence-corrected chi connectivity index (χ1v) is 10.8. The summed E-state index contributed by atoms with van der Waals surface area (Å²) in [7, 11) is 0. The Morgan fingerprint density at radius 2 is 2.03 bits per heavy atom. The van der Waals surface area contributed by atoms with Crippen molar-refractivity contribution in [1.82, 2.24) is 4.98 Å². The molecule has 0 aliphatic carbocycles. The lowest BCUT2D eigenvalue weighted by atomic mass is 10.00. The van der Waals surface area contributed by atoms with Gasteiger partial charge in [-0.3, -0.25) is 4.79 Å². The van der Waals surface area contributed by atoms with Gasteiger partial charge in [0.05, 0.1) is 24.9 Å². The second kappa shape index (κ2) is 9.82. The van der Waals surface area contributed by atoms with Gasteiger partial charge >= 0.3 is 6.18 Å². The van der Waals surface area contributed by atoms with Gasteiger partial charge in [-0.15, -0.1) is 0 Å². The molecule has 0 saturated carbocycles. The van der Waals surface area contributed by atoms with E-state index in [1.54, 1.807) is 18.3 Å². The summed E-state index contributed by atoms with van der Waals surface area (Å²) in [6, 6.07) is 13.4. The van der Waals surface area contributed by atoms with Crippen molar-refractivity contribution in [1.29, 1.82) is 0 Å². The molecule has 1 fully saturated rings. The van der Waals surface area contributed by atoms with Crippen molar-refractivity contribution in [2.45, 2.75) is 19.2 Å². The molecule has 2 heterocycles. The molecule has 1 aliphatic heterocycles. The largest absolute Gasteiger partial charge is 0.416 e. The number of hydrogen-bond donors (Lipinski definition) is 2. The molecule has 3 aromatic rings. The number of carbonyl (C=O) groups excluding carboxylic acids is 1. The minimum Gasteiger partial charge on any atom is -0.394 e. The number of aliphatic hydroxyl groups excluding tert-OH is 1. The van der Waals surface area contributed by atoms with E-state index in [1.165, 1.54) is 12.1 Å². The number of alkyl halides is 3. The number of pyridine rings is 1. The van der Waals surface area contributed by atoms with Crippen molar-refractivity contribution in [3.63, 3.8) is 0 Å². The lowest BCUT2D eigenvalue weighted by Crippen LogP contribution is -2.44. The minimum atomic E-state index is -4.52. The molecule has 0 bridgehead atoms. The van der Waals surface area contributed by atoms with Crippen LogP contribution in [0.25, 0.3) is 11.1 Å². The molecular formula is C25H24F3N3O3. The molecule has 1 unspecified atom stereocenters. The van der Waals surface area contributed by atoms with E-state index in [2.05, 4.69) is 10.3 Å². The molecule has 1 aromatic heterocycles. The molecule has 178 valence electrons. The zero-order valence-corrected chi connectivity index (χ0v) is 18.5. The molecule has 0 spiro atoms. The van der Waals surface area contributed by atoms with Crippen molar-refractivity contribution in [2.24, 2.45) is 0 Å². The SMILES string of the molecule is Cc1ccc(NC(=O)c2cccc(C(F)(F)F)c2)cc1-c1ccnc(N2CCOC(CO)C2)c1. The van der Waals surface area contributed by atoms with Gasteiger partial charge in [-0.1, -0.05) is 12.1 Å². The number of aryl methyl sites for hydroxylation is 1. The third-order valence-electron chi connectivity index (χ3n) is 5.67. The third kappa shape index (κ3) is 5.37. The van der Waals surface area contributed by atoms with Gasteiger partial charge in [0.25, 0.3) is 5.91 Å². The summed E-state index contributed by atoms with van der Waals surface area (Å²) in [5.41, 5.74) is 2.22. The first-order chi connectivity index (χ1) is 16.2. The summed E-state index contributed by atoms with van der Waals surface area (Å²) < 4.78 is 44.5. The maximum Gasteiger partial charge on any atom is 0.416 e. The summed E-state index contributed by atoms with van der Waals surface area (Å²) in [6.45, 7) is 3.54. The summed E-state index contributed by atoms with van der Waals surface area (Å²) in [4.78, 5) is 19.1. The van der Waals surface area contributed by atoms with E-state index in [9.17, 15) is 23.1 Å². The summed E-state index contributed by atoms with van der Waals surface area (Å²) >= 11 is 0. The average Bonchev–Trinajstić information content (AvgIpc) is 2.85. The van der Waals surface area contributed by atoms with Gasteiger partial charge in [0, 0.05) is 30.5 Å². The van der Waals surface area contributed by atoms with Crippen LogP contribution in [0.3, 0.4) is 0 Å². The highest BCUT2D eigenvalue weighted by Gasteiger charge is 2.31. The fourth-order valence-corrected chi connectivity index (χ4v) is 3.85. The normalized spacial score (nSPS) is 16.4. The van der Waals surface area contributed by atoms with Crippen LogP contribution in [0.1, 0.15) is 21.5 Å². The van der Waals surface area contributed by atoms with Gasteiger partial charge in [-0.2, -0.15) is 13.2 Å². The summed E-state index contributed by atoms with van der Waals surface area (Å²) in [6.07, 6.45) is -3.10. The molecule has 34 heavy (non-hydrogen) atoms. The highest BCUT2D eigenvalue weighted by atomic mass is 19.4. The number of aliphatic hydroxyl groups is 1. The van der Waals surface area contributed by atoms with E-state index in [0.717, 1.165) is 34.6 Å². The van der Waals surface area contributed by atoms with Crippen LogP contribution in [0.4, 0.5) is 24.7 Å². The minimum absolute atomic E-state index is 0.0665. The maximum absolute atomic E-state index is 13.0. The number of rotatable bonds is 5. The molecule has 9 heteroatoms. The van der Waals surface area contributed by atoms with Crippen molar-refractivity contribution >= 4 is 17.4 Å². The lowest BCUT2D eigenvalue weighted by molar-refractivity contribution is -0.137. The molecule has 2 aromatic carbocycles. The van der Waals surface area contributed by atoms with E-state index in [0.29, 0.717) is 25.4 Å². The van der Waals surface area contributed by atoms with Crippen LogP contribution in [0, 0.1) is 6.92 Å². The van der Waals surface area contributed by atoms with E-state index < -0.39 is 17.6 Å².